The Labute approximate surface area is 113 Å². The van der Waals surface area contributed by atoms with Crippen LogP contribution in [-0.4, -0.2) is 6.54 Å². The van der Waals surface area contributed by atoms with Gasteiger partial charge in [-0.05, 0) is 43.1 Å². The molecule has 2 nitrogen and oxygen atoms in total. The topological polar surface area (TPSA) is 52.0 Å². The first-order valence-electron chi connectivity index (χ1n) is 5.05. The molecule has 0 amide bonds. The van der Waals surface area contributed by atoms with Gasteiger partial charge in [-0.2, -0.15) is 0 Å². The van der Waals surface area contributed by atoms with Gasteiger partial charge in [0.25, 0.3) is 0 Å². The molecule has 1 rings (SSSR count). The van der Waals surface area contributed by atoms with Crippen molar-refractivity contribution in [3.8, 4) is 0 Å². The molecule has 0 unspecified atom stereocenters. The smallest absolute Gasteiger partial charge is 0.0424 e. The highest BCUT2D eigenvalue weighted by atomic mass is 35.5. The Morgan fingerprint density at radius 2 is 1.62 bits per heavy atom. The van der Waals surface area contributed by atoms with E-state index in [9.17, 15) is 0 Å². The molecule has 0 radical (unpaired) electrons. The van der Waals surface area contributed by atoms with Crippen molar-refractivity contribution in [1.82, 2.24) is 0 Å². The number of nitrogens with two attached hydrogens (primary N) is 2. The largest absolute Gasteiger partial charge is 0.330 e. The molecule has 0 fully saturated rings. The molecule has 5 heteroatoms. The zero-order valence-electron chi connectivity index (χ0n) is 8.96. The van der Waals surface area contributed by atoms with E-state index in [1.807, 2.05) is 12.1 Å². The molecule has 92 valence electrons. The molecule has 1 aromatic rings. The van der Waals surface area contributed by atoms with Gasteiger partial charge in [-0.3, -0.25) is 0 Å². The van der Waals surface area contributed by atoms with E-state index in [0.29, 0.717) is 16.6 Å². The SMILES string of the molecule is Cl.NCCCC[C@@H](N)c1cc(Cl)cc(Cl)c1. The third-order valence-electron chi connectivity index (χ3n) is 2.28. The standard InChI is InChI=1S/C11H16Cl2N2.ClH/c12-9-5-8(6-10(13)7-9)11(15)3-1-2-4-14;/h5-7,11H,1-4,14-15H2;1H/t11-;/m1./s1. The molecule has 0 heterocycles. The van der Waals surface area contributed by atoms with Crippen molar-refractivity contribution in [3.63, 3.8) is 0 Å². The highest BCUT2D eigenvalue weighted by Crippen LogP contribution is 2.24. The monoisotopic (exact) mass is 282 g/mol. The van der Waals surface area contributed by atoms with Gasteiger partial charge in [-0.15, -0.1) is 12.4 Å². The Balaban J connectivity index is 0.00000225. The van der Waals surface area contributed by atoms with Crippen LogP contribution in [0, 0.1) is 0 Å². The highest BCUT2D eigenvalue weighted by Gasteiger charge is 2.07. The first kappa shape index (κ1) is 16.0. The Bertz CT molecular complexity index is 298. The van der Waals surface area contributed by atoms with Crippen LogP contribution in [0.3, 0.4) is 0 Å². The van der Waals surface area contributed by atoms with E-state index >= 15 is 0 Å². The minimum atomic E-state index is -0.00671. The Hall–Kier alpha value is 0.01000. The summed E-state index contributed by atoms with van der Waals surface area (Å²) < 4.78 is 0. The van der Waals surface area contributed by atoms with Crippen molar-refractivity contribution in [2.75, 3.05) is 6.54 Å². The van der Waals surface area contributed by atoms with Crippen molar-refractivity contribution < 1.29 is 0 Å². The van der Waals surface area contributed by atoms with E-state index in [0.717, 1.165) is 24.8 Å². The number of rotatable bonds is 5. The van der Waals surface area contributed by atoms with Crippen LogP contribution in [0.25, 0.3) is 0 Å². The van der Waals surface area contributed by atoms with E-state index in [1.165, 1.54) is 0 Å². The maximum absolute atomic E-state index is 6.02. The number of hydrogen-bond acceptors (Lipinski definition) is 2. The second-order valence-electron chi connectivity index (χ2n) is 3.59. The molecule has 0 aliphatic carbocycles. The number of unbranched alkanes of at least 4 members (excludes halogenated alkanes) is 1. The lowest BCUT2D eigenvalue weighted by molar-refractivity contribution is 0.591. The van der Waals surface area contributed by atoms with Crippen LogP contribution in [0.5, 0.6) is 0 Å². The first-order chi connectivity index (χ1) is 7.13. The summed E-state index contributed by atoms with van der Waals surface area (Å²) in [6.07, 6.45) is 2.94. The number of hydrogen-bond donors (Lipinski definition) is 2. The van der Waals surface area contributed by atoms with Crippen molar-refractivity contribution in [1.29, 1.82) is 0 Å². The van der Waals surface area contributed by atoms with E-state index < -0.39 is 0 Å². The van der Waals surface area contributed by atoms with Gasteiger partial charge in [0.1, 0.15) is 0 Å². The summed E-state index contributed by atoms with van der Waals surface area (Å²) in [5, 5.41) is 1.26. The average molecular weight is 284 g/mol. The summed E-state index contributed by atoms with van der Waals surface area (Å²) in [6, 6.07) is 5.42. The molecule has 0 aliphatic rings. The first-order valence-corrected chi connectivity index (χ1v) is 5.80. The van der Waals surface area contributed by atoms with Crippen LogP contribution in [0.1, 0.15) is 30.9 Å². The Kier molecular flexibility index (Phi) is 8.16. The second-order valence-corrected chi connectivity index (χ2v) is 4.47. The molecule has 0 saturated heterocycles. The summed E-state index contributed by atoms with van der Waals surface area (Å²) >= 11 is 11.8. The van der Waals surface area contributed by atoms with Crippen LogP contribution < -0.4 is 11.5 Å². The van der Waals surface area contributed by atoms with Gasteiger partial charge in [-0.25, -0.2) is 0 Å². The van der Waals surface area contributed by atoms with Crippen molar-refractivity contribution in [3.05, 3.63) is 33.8 Å². The van der Waals surface area contributed by atoms with Gasteiger partial charge in [0.15, 0.2) is 0 Å². The predicted molar refractivity (Wildman–Crippen MR) is 73.5 cm³/mol. The van der Waals surface area contributed by atoms with Crippen LogP contribution in [0.4, 0.5) is 0 Å². The van der Waals surface area contributed by atoms with Crippen LogP contribution in [-0.2, 0) is 0 Å². The van der Waals surface area contributed by atoms with Gasteiger partial charge in [-0.1, -0.05) is 29.6 Å². The van der Waals surface area contributed by atoms with E-state index in [1.54, 1.807) is 6.07 Å². The maximum Gasteiger partial charge on any atom is 0.0424 e. The Morgan fingerprint density at radius 1 is 1.06 bits per heavy atom. The van der Waals surface area contributed by atoms with Crippen LogP contribution >= 0.6 is 35.6 Å². The fourth-order valence-electron chi connectivity index (χ4n) is 1.46. The third-order valence-corrected chi connectivity index (χ3v) is 2.72. The quantitative estimate of drug-likeness (QED) is 0.812. The van der Waals surface area contributed by atoms with Gasteiger partial charge in [0.05, 0.1) is 0 Å². The van der Waals surface area contributed by atoms with Crippen molar-refractivity contribution in [2.45, 2.75) is 25.3 Å². The molecule has 0 aliphatic heterocycles. The summed E-state index contributed by atoms with van der Waals surface area (Å²) in [5.41, 5.74) is 12.4. The molecule has 1 atom stereocenters. The zero-order chi connectivity index (χ0) is 11.3. The second kappa shape index (κ2) is 8.15. The molecule has 0 aromatic heterocycles. The fraction of sp³-hybridized carbons (Fsp3) is 0.455. The van der Waals surface area contributed by atoms with E-state index in [4.69, 9.17) is 34.7 Å². The number of benzene rings is 1. The van der Waals surface area contributed by atoms with Gasteiger partial charge in [0, 0.05) is 16.1 Å². The zero-order valence-corrected chi connectivity index (χ0v) is 11.3. The molecule has 0 saturated carbocycles. The highest BCUT2D eigenvalue weighted by molar-refractivity contribution is 6.34. The summed E-state index contributed by atoms with van der Waals surface area (Å²) in [5.74, 6) is 0. The number of halogens is 3. The molecule has 4 N–H and O–H groups in total. The average Bonchev–Trinajstić information content (AvgIpc) is 2.16. The lowest BCUT2D eigenvalue weighted by atomic mass is 10.0. The summed E-state index contributed by atoms with van der Waals surface area (Å²) in [4.78, 5) is 0. The van der Waals surface area contributed by atoms with Gasteiger partial charge in [0.2, 0.25) is 0 Å². The molecule has 16 heavy (non-hydrogen) atoms. The lowest BCUT2D eigenvalue weighted by Crippen LogP contribution is -2.11. The lowest BCUT2D eigenvalue weighted by Gasteiger charge is -2.12. The van der Waals surface area contributed by atoms with Crippen LogP contribution in [0.15, 0.2) is 18.2 Å². The predicted octanol–water partition coefficient (Wildman–Crippen LogP) is 3.54. The molecular formula is C11H17Cl3N2. The van der Waals surface area contributed by atoms with Crippen LogP contribution in [0.2, 0.25) is 10.0 Å². The molecule has 1 aromatic carbocycles. The molecule has 0 bridgehead atoms. The van der Waals surface area contributed by atoms with Crippen molar-refractivity contribution >= 4 is 35.6 Å². The summed E-state index contributed by atoms with van der Waals surface area (Å²) in [6.45, 7) is 0.711. The molecule has 0 spiro atoms. The van der Waals surface area contributed by atoms with E-state index in [2.05, 4.69) is 0 Å². The summed E-state index contributed by atoms with van der Waals surface area (Å²) in [7, 11) is 0. The Morgan fingerprint density at radius 3 is 2.12 bits per heavy atom. The van der Waals surface area contributed by atoms with Crippen molar-refractivity contribution in [2.24, 2.45) is 11.5 Å². The minimum Gasteiger partial charge on any atom is -0.330 e. The van der Waals surface area contributed by atoms with Gasteiger partial charge < -0.3 is 11.5 Å². The fourth-order valence-corrected chi connectivity index (χ4v) is 2.01. The van der Waals surface area contributed by atoms with Gasteiger partial charge >= 0.3 is 0 Å². The third kappa shape index (κ3) is 5.37. The minimum absolute atomic E-state index is 0. The normalized spacial score (nSPS) is 12.0. The maximum atomic E-state index is 6.02. The molecular weight excluding hydrogens is 266 g/mol. The van der Waals surface area contributed by atoms with E-state index in [-0.39, 0.29) is 18.4 Å².